The molecule has 19 heavy (non-hydrogen) atoms. The van der Waals surface area contributed by atoms with Crippen LogP contribution in [-0.2, 0) is 28.6 Å². The number of carbonyl (C=O) groups excluding carboxylic acids is 3. The second-order valence-corrected chi connectivity index (χ2v) is 5.52. The third-order valence-electron chi connectivity index (χ3n) is 4.46. The molecule has 3 aliphatic rings. The summed E-state index contributed by atoms with van der Waals surface area (Å²) in [4.78, 5) is 34.1. The van der Waals surface area contributed by atoms with Crippen LogP contribution in [0.2, 0.25) is 0 Å². The van der Waals surface area contributed by atoms with Crippen molar-refractivity contribution < 1.29 is 28.6 Å². The summed E-state index contributed by atoms with van der Waals surface area (Å²) in [5.74, 6) is -1.33. The summed E-state index contributed by atoms with van der Waals surface area (Å²) >= 11 is 0. The van der Waals surface area contributed by atoms with Gasteiger partial charge in [-0.05, 0) is 6.42 Å². The van der Waals surface area contributed by atoms with Gasteiger partial charge in [-0.1, -0.05) is 0 Å². The molecular formula is C13H16O6. The van der Waals surface area contributed by atoms with Crippen molar-refractivity contribution in [3.63, 3.8) is 0 Å². The molecule has 6 nitrogen and oxygen atoms in total. The lowest BCUT2D eigenvalue weighted by Crippen LogP contribution is -2.35. The van der Waals surface area contributed by atoms with Gasteiger partial charge in [0.1, 0.15) is 12.2 Å². The van der Waals surface area contributed by atoms with Crippen molar-refractivity contribution in [3.8, 4) is 0 Å². The Kier molecular flexibility index (Phi) is 2.76. The third kappa shape index (κ3) is 1.81. The molecule has 2 saturated carbocycles. The van der Waals surface area contributed by atoms with Gasteiger partial charge in [-0.3, -0.25) is 14.4 Å². The zero-order chi connectivity index (χ0) is 13.7. The van der Waals surface area contributed by atoms with E-state index in [0.717, 1.165) is 0 Å². The van der Waals surface area contributed by atoms with Gasteiger partial charge >= 0.3 is 17.9 Å². The van der Waals surface area contributed by atoms with Crippen LogP contribution in [0.5, 0.6) is 0 Å². The van der Waals surface area contributed by atoms with E-state index in [1.165, 1.54) is 13.8 Å². The van der Waals surface area contributed by atoms with E-state index in [1.54, 1.807) is 0 Å². The smallest absolute Gasteiger partial charge is 0.309 e. The standard InChI is InChI=1S/C13H16O6/c1-5(14)18-9-3-7-10-8(4-17-13(10)16)11(9)12(7)19-6(2)15/h7-12H,3-4H2,1-2H3/t7-,8-,9+,10-,11-,12+/m0/s1. The minimum Gasteiger partial charge on any atom is -0.465 e. The topological polar surface area (TPSA) is 78.9 Å². The Morgan fingerprint density at radius 3 is 2.47 bits per heavy atom. The van der Waals surface area contributed by atoms with Crippen LogP contribution in [0.3, 0.4) is 0 Å². The van der Waals surface area contributed by atoms with Crippen molar-refractivity contribution in [2.45, 2.75) is 32.5 Å². The quantitative estimate of drug-likeness (QED) is 0.529. The maximum absolute atomic E-state index is 11.7. The van der Waals surface area contributed by atoms with Gasteiger partial charge in [-0.25, -0.2) is 0 Å². The predicted molar refractivity (Wildman–Crippen MR) is 60.6 cm³/mol. The number of cyclic esters (lactones) is 1. The number of esters is 3. The van der Waals surface area contributed by atoms with Gasteiger partial charge in [-0.2, -0.15) is 0 Å². The minimum absolute atomic E-state index is 0.0000463. The predicted octanol–water partition coefficient (Wildman–Crippen LogP) is 0.289. The van der Waals surface area contributed by atoms with E-state index >= 15 is 0 Å². The van der Waals surface area contributed by atoms with Crippen LogP contribution in [0, 0.1) is 23.7 Å². The fourth-order valence-corrected chi connectivity index (χ4v) is 4.02. The summed E-state index contributed by atoms with van der Waals surface area (Å²) < 4.78 is 15.7. The Morgan fingerprint density at radius 1 is 1.16 bits per heavy atom. The fraction of sp³-hybridized carbons (Fsp3) is 0.769. The second-order valence-electron chi connectivity index (χ2n) is 5.52. The third-order valence-corrected chi connectivity index (χ3v) is 4.46. The Labute approximate surface area is 110 Å². The lowest BCUT2D eigenvalue weighted by molar-refractivity contribution is -0.155. The highest BCUT2D eigenvalue weighted by molar-refractivity contribution is 5.77. The highest BCUT2D eigenvalue weighted by Crippen LogP contribution is 2.57. The molecule has 3 rings (SSSR count). The maximum Gasteiger partial charge on any atom is 0.309 e. The molecular weight excluding hydrogens is 252 g/mol. The summed E-state index contributed by atoms with van der Waals surface area (Å²) in [5.41, 5.74) is 0. The largest absolute Gasteiger partial charge is 0.465 e. The molecule has 0 unspecified atom stereocenters. The lowest BCUT2D eigenvalue weighted by atomic mass is 9.80. The molecule has 1 saturated heterocycles. The number of fused-ring (bicyclic) bond motifs is 5. The molecule has 0 radical (unpaired) electrons. The van der Waals surface area contributed by atoms with Crippen molar-refractivity contribution >= 4 is 17.9 Å². The van der Waals surface area contributed by atoms with Crippen LogP contribution in [0.1, 0.15) is 20.3 Å². The van der Waals surface area contributed by atoms with E-state index in [-0.39, 0.29) is 53.8 Å². The molecule has 1 aliphatic heterocycles. The van der Waals surface area contributed by atoms with Gasteiger partial charge in [0, 0.05) is 31.6 Å². The molecule has 0 aromatic carbocycles. The van der Waals surface area contributed by atoms with Crippen LogP contribution < -0.4 is 0 Å². The van der Waals surface area contributed by atoms with Crippen LogP contribution in [0.15, 0.2) is 0 Å². The monoisotopic (exact) mass is 268 g/mol. The number of ether oxygens (including phenoxy) is 3. The van der Waals surface area contributed by atoms with Crippen molar-refractivity contribution in [2.24, 2.45) is 23.7 Å². The number of carbonyl (C=O) groups is 3. The Balaban J connectivity index is 1.85. The number of rotatable bonds is 2. The highest BCUT2D eigenvalue weighted by Gasteiger charge is 2.66. The fourth-order valence-electron chi connectivity index (χ4n) is 4.02. The van der Waals surface area contributed by atoms with Crippen molar-refractivity contribution in [1.82, 2.24) is 0 Å². The molecule has 1 heterocycles. The summed E-state index contributed by atoms with van der Waals surface area (Å²) in [5, 5.41) is 0. The number of hydrogen-bond donors (Lipinski definition) is 0. The average molecular weight is 268 g/mol. The van der Waals surface area contributed by atoms with Gasteiger partial charge in [0.2, 0.25) is 0 Å². The zero-order valence-electron chi connectivity index (χ0n) is 10.8. The van der Waals surface area contributed by atoms with Crippen molar-refractivity contribution in [2.75, 3.05) is 6.61 Å². The number of hydrogen-bond acceptors (Lipinski definition) is 6. The Hall–Kier alpha value is -1.59. The zero-order valence-corrected chi connectivity index (χ0v) is 10.8. The van der Waals surface area contributed by atoms with Gasteiger partial charge < -0.3 is 14.2 Å². The lowest BCUT2D eigenvalue weighted by Gasteiger charge is -2.27. The van der Waals surface area contributed by atoms with E-state index in [1.807, 2.05) is 0 Å². The Bertz CT molecular complexity index is 444. The molecule has 2 bridgehead atoms. The first kappa shape index (κ1) is 12.4. The highest BCUT2D eigenvalue weighted by atomic mass is 16.6. The van der Waals surface area contributed by atoms with Crippen molar-refractivity contribution in [3.05, 3.63) is 0 Å². The summed E-state index contributed by atoms with van der Waals surface area (Å²) in [6.45, 7) is 3.05. The van der Waals surface area contributed by atoms with Crippen LogP contribution in [0.25, 0.3) is 0 Å². The van der Waals surface area contributed by atoms with E-state index in [0.29, 0.717) is 13.0 Å². The molecule has 0 aromatic heterocycles. The van der Waals surface area contributed by atoms with Gasteiger partial charge in [0.25, 0.3) is 0 Å². The van der Waals surface area contributed by atoms with E-state index in [2.05, 4.69) is 0 Å². The average Bonchev–Trinajstić information content (AvgIpc) is 2.89. The minimum atomic E-state index is -0.364. The normalized spacial score (nSPS) is 42.7. The molecule has 0 spiro atoms. The first-order valence-electron chi connectivity index (χ1n) is 6.50. The molecule has 6 heteroatoms. The second kappa shape index (κ2) is 4.21. The van der Waals surface area contributed by atoms with E-state index in [4.69, 9.17) is 14.2 Å². The van der Waals surface area contributed by atoms with Gasteiger partial charge in [-0.15, -0.1) is 0 Å². The Morgan fingerprint density at radius 2 is 1.84 bits per heavy atom. The summed E-state index contributed by atoms with van der Waals surface area (Å²) in [6.07, 6.45) is -0.0364. The molecule has 3 fully saturated rings. The molecule has 0 N–H and O–H groups in total. The van der Waals surface area contributed by atoms with Crippen LogP contribution >= 0.6 is 0 Å². The molecule has 104 valence electrons. The SMILES string of the molecule is CC(=O)O[C@@H]1[C@H]2C[C@@H](OC(C)=O)[C@@H]1[C@H]1COC(=O)[C@@H]21. The molecule has 6 atom stereocenters. The molecule has 2 aliphatic carbocycles. The van der Waals surface area contributed by atoms with Crippen LogP contribution in [-0.4, -0.2) is 36.7 Å². The van der Waals surface area contributed by atoms with Crippen LogP contribution in [0.4, 0.5) is 0 Å². The first-order chi connectivity index (χ1) is 8.99. The molecule has 0 amide bonds. The van der Waals surface area contributed by atoms with Gasteiger partial charge in [0.05, 0.1) is 12.5 Å². The van der Waals surface area contributed by atoms with Crippen molar-refractivity contribution in [1.29, 1.82) is 0 Å². The molecule has 0 aromatic rings. The van der Waals surface area contributed by atoms with Gasteiger partial charge in [0.15, 0.2) is 0 Å². The summed E-state index contributed by atoms with van der Waals surface area (Å²) in [7, 11) is 0. The first-order valence-corrected chi connectivity index (χ1v) is 6.50. The van der Waals surface area contributed by atoms with E-state index < -0.39 is 0 Å². The summed E-state index contributed by atoms with van der Waals surface area (Å²) in [6, 6.07) is 0. The van der Waals surface area contributed by atoms with E-state index in [9.17, 15) is 14.4 Å². The maximum atomic E-state index is 11.7.